The van der Waals surface area contributed by atoms with Crippen molar-refractivity contribution in [2.75, 3.05) is 9.80 Å². The fourth-order valence-electron chi connectivity index (χ4n) is 8.21. The fourth-order valence-corrected chi connectivity index (χ4v) is 11.9. The first-order chi connectivity index (χ1) is 25.1. The zero-order valence-electron chi connectivity index (χ0n) is 28.9. The molecule has 51 heavy (non-hydrogen) atoms. The minimum absolute atomic E-state index is 1.15. The average Bonchev–Trinajstić information content (AvgIpc) is 3.30. The molecule has 1 aliphatic rings. The molecular formula is C48H38N2Si. The molecule has 0 unspecified atom stereocenters. The van der Waals surface area contributed by atoms with Crippen molar-refractivity contribution in [3.05, 3.63) is 193 Å². The summed E-state index contributed by atoms with van der Waals surface area (Å²) in [5.41, 5.74) is 9.69. The number of para-hydroxylation sites is 2. The second-order valence-electron chi connectivity index (χ2n) is 13.8. The maximum absolute atomic E-state index is 2.54. The molecule has 0 spiro atoms. The Bertz CT molecular complexity index is 2380. The van der Waals surface area contributed by atoms with Crippen LogP contribution in [-0.4, -0.2) is 8.07 Å². The Hall–Kier alpha value is -6.16. The van der Waals surface area contributed by atoms with Gasteiger partial charge in [-0.1, -0.05) is 159 Å². The standard InChI is InChI=1S/C48H38N2Si/c1-51(2)47-37(21-15-31-45(47)49(39-23-5-3-6-24-39)43-29-13-19-35-17-9-11-27-41(35)43)33-34-38-22-16-32-46(48(38)51)50(40-25-7-4-8-26-40)44-30-14-20-36-18-10-12-28-42(36)44/h3-34H,1-2H3. The van der Waals surface area contributed by atoms with E-state index < -0.39 is 8.07 Å². The van der Waals surface area contributed by atoms with E-state index in [0.29, 0.717) is 0 Å². The van der Waals surface area contributed by atoms with Gasteiger partial charge in [0, 0.05) is 33.5 Å². The summed E-state index contributed by atoms with van der Waals surface area (Å²) >= 11 is 0. The number of fused-ring (bicyclic) bond motifs is 4. The Morgan fingerprint density at radius 1 is 0.333 bits per heavy atom. The van der Waals surface area contributed by atoms with Crippen LogP contribution in [0.5, 0.6) is 0 Å². The SMILES string of the molecule is C[Si]1(C)c2c(cccc2N(c2ccccc2)c2cccc3ccccc23)C=Cc2cccc(N(c3ccccc3)c3cccc4ccccc34)c21. The number of hydrogen-bond acceptors (Lipinski definition) is 2. The van der Waals surface area contributed by atoms with Crippen LogP contribution in [0.3, 0.4) is 0 Å². The first-order valence-corrected chi connectivity index (χ1v) is 20.7. The third kappa shape index (κ3) is 5.25. The van der Waals surface area contributed by atoms with Gasteiger partial charge in [-0.2, -0.15) is 0 Å². The molecule has 0 atom stereocenters. The molecule has 9 rings (SSSR count). The lowest BCUT2D eigenvalue weighted by atomic mass is 10.0. The van der Waals surface area contributed by atoms with Gasteiger partial charge < -0.3 is 9.80 Å². The van der Waals surface area contributed by atoms with Gasteiger partial charge in [-0.3, -0.25) is 0 Å². The van der Waals surface area contributed by atoms with E-state index in [1.807, 2.05) is 0 Å². The van der Waals surface area contributed by atoms with Crippen molar-refractivity contribution in [2.24, 2.45) is 0 Å². The number of benzene rings is 8. The molecule has 0 bridgehead atoms. The zero-order chi connectivity index (χ0) is 34.4. The van der Waals surface area contributed by atoms with Crippen LogP contribution in [0.1, 0.15) is 11.1 Å². The van der Waals surface area contributed by atoms with E-state index in [0.717, 1.165) is 11.4 Å². The molecule has 244 valence electrons. The van der Waals surface area contributed by atoms with E-state index in [-0.39, 0.29) is 0 Å². The predicted octanol–water partition coefficient (Wildman–Crippen LogP) is 12.2. The number of nitrogens with zero attached hydrogens (tertiary/aromatic N) is 2. The molecule has 0 aliphatic carbocycles. The fraction of sp³-hybridized carbons (Fsp3) is 0.0417. The quantitative estimate of drug-likeness (QED) is 0.162. The summed E-state index contributed by atoms with van der Waals surface area (Å²) in [4.78, 5) is 4.99. The Morgan fingerprint density at radius 3 is 1.14 bits per heavy atom. The molecule has 8 aromatic rings. The monoisotopic (exact) mass is 670 g/mol. The van der Waals surface area contributed by atoms with Crippen molar-refractivity contribution in [3.8, 4) is 0 Å². The maximum atomic E-state index is 2.54. The molecule has 0 aromatic heterocycles. The van der Waals surface area contributed by atoms with Crippen LogP contribution in [0.4, 0.5) is 34.1 Å². The van der Waals surface area contributed by atoms with Crippen molar-refractivity contribution in [3.63, 3.8) is 0 Å². The second kappa shape index (κ2) is 12.6. The third-order valence-corrected chi connectivity index (χ3v) is 14.0. The van der Waals surface area contributed by atoms with E-state index in [9.17, 15) is 0 Å². The number of rotatable bonds is 6. The largest absolute Gasteiger partial charge is 0.310 e. The molecule has 0 amide bonds. The van der Waals surface area contributed by atoms with Crippen LogP contribution in [0.2, 0.25) is 13.1 Å². The summed E-state index contributed by atoms with van der Waals surface area (Å²) in [5, 5.41) is 7.78. The van der Waals surface area contributed by atoms with Crippen LogP contribution in [-0.2, 0) is 0 Å². The van der Waals surface area contributed by atoms with Crippen molar-refractivity contribution >= 4 is 86.3 Å². The molecule has 8 aromatic carbocycles. The molecule has 0 radical (unpaired) electrons. The van der Waals surface area contributed by atoms with E-state index >= 15 is 0 Å². The summed E-state index contributed by atoms with van der Waals surface area (Å²) in [7, 11) is -2.51. The molecule has 1 heterocycles. The second-order valence-corrected chi connectivity index (χ2v) is 18.0. The van der Waals surface area contributed by atoms with E-state index in [1.165, 1.54) is 65.8 Å². The lowest BCUT2D eigenvalue weighted by molar-refractivity contribution is 1.30. The van der Waals surface area contributed by atoms with Gasteiger partial charge in [0.2, 0.25) is 0 Å². The van der Waals surface area contributed by atoms with Crippen LogP contribution < -0.4 is 20.2 Å². The van der Waals surface area contributed by atoms with Crippen LogP contribution in [0.15, 0.2) is 182 Å². The zero-order valence-corrected chi connectivity index (χ0v) is 29.9. The van der Waals surface area contributed by atoms with Crippen LogP contribution >= 0.6 is 0 Å². The Balaban J connectivity index is 1.33. The molecule has 3 heteroatoms. The molecule has 0 fully saturated rings. The lowest BCUT2D eigenvalue weighted by Gasteiger charge is -2.37. The van der Waals surface area contributed by atoms with Gasteiger partial charge in [-0.15, -0.1) is 0 Å². The summed E-state index contributed by atoms with van der Waals surface area (Å²) in [5.74, 6) is 0. The molecule has 0 saturated carbocycles. The summed E-state index contributed by atoms with van der Waals surface area (Å²) in [6.07, 6.45) is 4.69. The predicted molar refractivity (Wildman–Crippen MR) is 223 cm³/mol. The summed E-state index contributed by atoms with van der Waals surface area (Å²) < 4.78 is 0. The van der Waals surface area contributed by atoms with Crippen molar-refractivity contribution in [2.45, 2.75) is 13.1 Å². The molecule has 0 N–H and O–H groups in total. The first kappa shape index (κ1) is 30.9. The molecule has 0 saturated heterocycles. The lowest BCUT2D eigenvalue weighted by Crippen LogP contribution is -2.56. The van der Waals surface area contributed by atoms with Gasteiger partial charge >= 0.3 is 0 Å². The van der Waals surface area contributed by atoms with Gasteiger partial charge in [0.15, 0.2) is 0 Å². The number of anilines is 6. The van der Waals surface area contributed by atoms with Crippen molar-refractivity contribution in [1.82, 2.24) is 0 Å². The highest BCUT2D eigenvalue weighted by Crippen LogP contribution is 2.42. The normalized spacial score (nSPS) is 13.0. The van der Waals surface area contributed by atoms with Crippen molar-refractivity contribution in [1.29, 1.82) is 0 Å². The molecular weight excluding hydrogens is 633 g/mol. The Labute approximate surface area is 301 Å². The minimum Gasteiger partial charge on any atom is -0.310 e. The van der Waals surface area contributed by atoms with Gasteiger partial charge in [0.25, 0.3) is 0 Å². The van der Waals surface area contributed by atoms with Gasteiger partial charge in [0.1, 0.15) is 8.07 Å². The molecule has 1 aliphatic heterocycles. The maximum Gasteiger partial charge on any atom is 0.119 e. The highest BCUT2D eigenvalue weighted by Gasteiger charge is 2.39. The first-order valence-electron chi connectivity index (χ1n) is 17.7. The highest BCUT2D eigenvalue weighted by molar-refractivity contribution is 7.03. The minimum atomic E-state index is -2.51. The van der Waals surface area contributed by atoms with E-state index in [4.69, 9.17) is 0 Å². The van der Waals surface area contributed by atoms with Gasteiger partial charge in [-0.25, -0.2) is 0 Å². The Morgan fingerprint density at radius 2 is 0.686 bits per heavy atom. The molecule has 2 nitrogen and oxygen atoms in total. The highest BCUT2D eigenvalue weighted by atomic mass is 28.3. The topological polar surface area (TPSA) is 6.48 Å². The van der Waals surface area contributed by atoms with Crippen molar-refractivity contribution < 1.29 is 0 Å². The van der Waals surface area contributed by atoms with E-state index in [2.05, 4.69) is 217 Å². The smallest absolute Gasteiger partial charge is 0.119 e. The average molecular weight is 671 g/mol. The van der Waals surface area contributed by atoms with Crippen LogP contribution in [0, 0.1) is 0 Å². The summed E-state index contributed by atoms with van der Waals surface area (Å²) in [6, 6.07) is 66.3. The summed E-state index contributed by atoms with van der Waals surface area (Å²) in [6.45, 7) is 5.09. The Kier molecular flexibility index (Phi) is 7.64. The third-order valence-electron chi connectivity index (χ3n) is 10.4. The van der Waals surface area contributed by atoms with Gasteiger partial charge in [0.05, 0.1) is 11.4 Å². The van der Waals surface area contributed by atoms with Gasteiger partial charge in [-0.05, 0) is 80.8 Å². The number of hydrogen-bond donors (Lipinski definition) is 0. The van der Waals surface area contributed by atoms with Crippen LogP contribution in [0.25, 0.3) is 33.7 Å². The van der Waals surface area contributed by atoms with E-state index in [1.54, 1.807) is 0 Å².